The molecule has 0 aromatic carbocycles. The minimum absolute atomic E-state index is 0.0897. The SMILES string of the molecule is CCOP(=O)(OCC)C1N[C@H](C2CCC(F)C(F)C2)CC1=O. The number of Topliss-reactive ketones (excluding diaryl/α,β-unsaturated/α-hetero) is 1. The Kier molecular flexibility index (Phi) is 6.11. The second kappa shape index (κ2) is 7.47. The fraction of sp³-hybridized carbons (Fsp3) is 0.929. The molecule has 5 atom stereocenters. The van der Waals surface area contributed by atoms with E-state index in [1.807, 2.05) is 0 Å². The monoisotopic (exact) mass is 339 g/mol. The highest BCUT2D eigenvalue weighted by Gasteiger charge is 2.49. The van der Waals surface area contributed by atoms with Crippen LogP contribution in [0.3, 0.4) is 0 Å². The van der Waals surface area contributed by atoms with Crippen LogP contribution in [-0.2, 0) is 18.4 Å². The van der Waals surface area contributed by atoms with Crippen LogP contribution in [-0.4, -0.2) is 43.2 Å². The summed E-state index contributed by atoms with van der Waals surface area (Å²) in [4.78, 5) is 12.2. The number of ketones is 1. The Balaban J connectivity index is 2.05. The van der Waals surface area contributed by atoms with Crippen molar-refractivity contribution < 1.29 is 27.2 Å². The van der Waals surface area contributed by atoms with Crippen molar-refractivity contribution in [1.29, 1.82) is 0 Å². The lowest BCUT2D eigenvalue weighted by Gasteiger charge is -2.32. The van der Waals surface area contributed by atoms with Crippen molar-refractivity contribution in [2.75, 3.05) is 13.2 Å². The highest BCUT2D eigenvalue weighted by molar-refractivity contribution is 7.55. The van der Waals surface area contributed by atoms with E-state index in [2.05, 4.69) is 5.32 Å². The summed E-state index contributed by atoms with van der Waals surface area (Å²) in [5.74, 6) is -1.38. The van der Waals surface area contributed by atoms with Gasteiger partial charge in [0.05, 0.1) is 13.2 Å². The van der Waals surface area contributed by atoms with Crippen LogP contribution in [0.25, 0.3) is 0 Å². The van der Waals surface area contributed by atoms with Crippen LogP contribution in [0.2, 0.25) is 0 Å². The molecule has 1 saturated carbocycles. The predicted octanol–water partition coefficient (Wildman–Crippen LogP) is 2.99. The largest absolute Gasteiger partial charge is 0.355 e. The zero-order chi connectivity index (χ0) is 16.3. The van der Waals surface area contributed by atoms with Gasteiger partial charge in [-0.15, -0.1) is 0 Å². The number of carbonyl (C=O) groups is 1. The van der Waals surface area contributed by atoms with Crippen LogP contribution in [0.1, 0.15) is 39.5 Å². The standard InChI is InChI=1S/C14H24F2NO4P/c1-3-20-22(19,21-4-2)14-13(18)8-12(17-14)9-5-6-10(15)11(16)7-9/h9-12,14,17H,3-8H2,1-2H3/t9?,10?,11?,12-,14?/m0/s1. The molecule has 0 aromatic heterocycles. The van der Waals surface area contributed by atoms with Gasteiger partial charge in [-0.1, -0.05) is 0 Å². The van der Waals surface area contributed by atoms with Crippen molar-refractivity contribution >= 4 is 13.4 Å². The van der Waals surface area contributed by atoms with Gasteiger partial charge in [-0.3, -0.25) is 14.7 Å². The Hall–Kier alpha value is -0.360. The fourth-order valence-electron chi connectivity index (χ4n) is 3.27. The van der Waals surface area contributed by atoms with Gasteiger partial charge in [-0.05, 0) is 39.0 Å². The minimum Gasteiger partial charge on any atom is -0.307 e. The summed E-state index contributed by atoms with van der Waals surface area (Å²) < 4.78 is 49.9. The predicted molar refractivity (Wildman–Crippen MR) is 78.3 cm³/mol. The number of alkyl halides is 2. The third kappa shape index (κ3) is 3.75. The lowest BCUT2D eigenvalue weighted by Crippen LogP contribution is -2.41. The molecular weight excluding hydrogens is 315 g/mol. The Morgan fingerprint density at radius 2 is 1.82 bits per heavy atom. The molecule has 0 bridgehead atoms. The Morgan fingerprint density at radius 1 is 1.18 bits per heavy atom. The summed E-state index contributed by atoms with van der Waals surface area (Å²) in [7, 11) is -3.57. The van der Waals surface area contributed by atoms with Gasteiger partial charge >= 0.3 is 7.60 Å². The van der Waals surface area contributed by atoms with Gasteiger partial charge in [-0.2, -0.15) is 0 Å². The number of hydrogen-bond acceptors (Lipinski definition) is 5. The van der Waals surface area contributed by atoms with E-state index in [1.54, 1.807) is 13.8 Å². The van der Waals surface area contributed by atoms with Gasteiger partial charge in [0, 0.05) is 12.5 Å². The van der Waals surface area contributed by atoms with E-state index in [0.717, 1.165) is 0 Å². The summed E-state index contributed by atoms with van der Waals surface area (Å²) >= 11 is 0. The van der Waals surface area contributed by atoms with Crippen molar-refractivity contribution in [1.82, 2.24) is 5.32 Å². The third-order valence-electron chi connectivity index (χ3n) is 4.33. The summed E-state index contributed by atoms with van der Waals surface area (Å²) in [6, 6.07) is -0.294. The molecule has 2 rings (SSSR count). The summed E-state index contributed by atoms with van der Waals surface area (Å²) in [6.07, 6.45) is -1.97. The molecule has 5 nitrogen and oxygen atoms in total. The van der Waals surface area contributed by atoms with Gasteiger partial charge in [0.25, 0.3) is 0 Å². The molecule has 0 radical (unpaired) electrons. The Bertz CT molecular complexity index is 441. The Labute approximate surface area is 129 Å². The molecule has 0 spiro atoms. The molecule has 0 amide bonds. The van der Waals surface area contributed by atoms with Crippen LogP contribution in [0.4, 0.5) is 8.78 Å². The molecule has 1 aliphatic carbocycles. The number of rotatable bonds is 6. The first kappa shape index (κ1) is 18.0. The summed E-state index contributed by atoms with van der Waals surface area (Å²) in [5.41, 5.74) is 0. The zero-order valence-electron chi connectivity index (χ0n) is 13.0. The lowest BCUT2D eigenvalue weighted by atomic mass is 9.81. The van der Waals surface area contributed by atoms with Crippen LogP contribution >= 0.6 is 7.60 Å². The second-order valence-electron chi connectivity index (χ2n) is 5.83. The quantitative estimate of drug-likeness (QED) is 0.754. The normalized spacial score (nSPS) is 36.7. The summed E-state index contributed by atoms with van der Waals surface area (Å²) in [6.45, 7) is 3.71. The molecular formula is C14H24F2NO4P. The van der Waals surface area contributed by atoms with Crippen LogP contribution in [0.15, 0.2) is 0 Å². The number of hydrogen-bond donors (Lipinski definition) is 1. The molecule has 2 fully saturated rings. The molecule has 1 N–H and O–H groups in total. The van der Waals surface area contributed by atoms with Gasteiger partial charge < -0.3 is 9.05 Å². The maximum atomic E-state index is 13.6. The van der Waals surface area contributed by atoms with Crippen molar-refractivity contribution in [3.8, 4) is 0 Å². The van der Waals surface area contributed by atoms with Crippen LogP contribution in [0.5, 0.6) is 0 Å². The Morgan fingerprint density at radius 3 is 2.36 bits per heavy atom. The molecule has 1 heterocycles. The van der Waals surface area contributed by atoms with Crippen molar-refractivity contribution in [3.05, 3.63) is 0 Å². The topological polar surface area (TPSA) is 64.6 Å². The molecule has 1 saturated heterocycles. The van der Waals surface area contributed by atoms with Crippen molar-refractivity contribution in [3.63, 3.8) is 0 Å². The lowest BCUT2D eigenvalue weighted by molar-refractivity contribution is -0.117. The van der Waals surface area contributed by atoms with Gasteiger partial charge in [0.15, 0.2) is 11.6 Å². The molecule has 2 aliphatic rings. The van der Waals surface area contributed by atoms with E-state index in [1.165, 1.54) is 0 Å². The zero-order valence-corrected chi connectivity index (χ0v) is 13.9. The smallest absolute Gasteiger partial charge is 0.307 e. The first-order chi connectivity index (χ1) is 10.4. The third-order valence-corrected chi connectivity index (χ3v) is 6.64. The van der Waals surface area contributed by atoms with Gasteiger partial charge in [-0.25, -0.2) is 8.78 Å². The summed E-state index contributed by atoms with van der Waals surface area (Å²) in [5, 5.41) is 3.00. The van der Waals surface area contributed by atoms with E-state index >= 15 is 0 Å². The maximum absolute atomic E-state index is 13.6. The van der Waals surface area contributed by atoms with Crippen molar-refractivity contribution in [2.24, 2.45) is 5.92 Å². The fourth-order valence-corrected chi connectivity index (χ4v) is 5.20. The van der Waals surface area contributed by atoms with E-state index in [4.69, 9.17) is 9.05 Å². The maximum Gasteiger partial charge on any atom is 0.355 e. The minimum atomic E-state index is -3.57. The number of nitrogens with one attached hydrogen (secondary N) is 1. The van der Waals surface area contributed by atoms with Crippen molar-refractivity contribution in [2.45, 2.75) is 63.7 Å². The van der Waals surface area contributed by atoms with Gasteiger partial charge in [0.1, 0.15) is 12.3 Å². The molecule has 22 heavy (non-hydrogen) atoms. The molecule has 8 heteroatoms. The van der Waals surface area contributed by atoms with E-state index in [0.29, 0.717) is 6.42 Å². The van der Waals surface area contributed by atoms with Crippen LogP contribution < -0.4 is 5.32 Å². The van der Waals surface area contributed by atoms with Crippen LogP contribution in [0, 0.1) is 5.92 Å². The average Bonchev–Trinajstić information content (AvgIpc) is 2.85. The first-order valence-corrected chi connectivity index (χ1v) is 9.48. The molecule has 1 aliphatic heterocycles. The van der Waals surface area contributed by atoms with E-state index < -0.39 is 25.7 Å². The average molecular weight is 339 g/mol. The molecule has 128 valence electrons. The molecule has 4 unspecified atom stereocenters. The first-order valence-electron chi connectivity index (χ1n) is 7.87. The van der Waals surface area contributed by atoms with Gasteiger partial charge in [0.2, 0.25) is 0 Å². The number of carbonyl (C=O) groups excluding carboxylic acids is 1. The second-order valence-corrected chi connectivity index (χ2v) is 7.94. The van der Waals surface area contributed by atoms with E-state index in [-0.39, 0.29) is 50.2 Å². The molecule has 0 aromatic rings. The highest BCUT2D eigenvalue weighted by atomic mass is 31.2. The van der Waals surface area contributed by atoms with E-state index in [9.17, 15) is 18.1 Å². The highest BCUT2D eigenvalue weighted by Crippen LogP contribution is 2.54. The number of halogens is 2.